The van der Waals surface area contributed by atoms with E-state index in [-0.39, 0.29) is 29.2 Å². The Bertz CT molecular complexity index is 841. The molecule has 136 valence electrons. The van der Waals surface area contributed by atoms with Crippen LogP contribution in [0.15, 0.2) is 29.1 Å². The number of rotatable bonds is 3. The largest absolute Gasteiger partial charge is 0.459 e. The fourth-order valence-corrected chi connectivity index (χ4v) is 4.30. The number of furan rings is 1. The molecule has 0 bridgehead atoms. The molecule has 8 heteroatoms. The lowest BCUT2D eigenvalue weighted by Gasteiger charge is -2.40. The molecule has 0 unspecified atom stereocenters. The van der Waals surface area contributed by atoms with Gasteiger partial charge in [0.2, 0.25) is 5.91 Å². The van der Waals surface area contributed by atoms with E-state index in [1.807, 2.05) is 9.58 Å². The molecule has 0 aromatic carbocycles. The Morgan fingerprint density at radius 2 is 2.12 bits per heavy atom. The maximum absolute atomic E-state index is 12.7. The molecule has 2 aliphatic heterocycles. The van der Waals surface area contributed by atoms with E-state index in [2.05, 4.69) is 15.4 Å². The number of carbonyl (C=O) groups excluding carboxylic acids is 2. The van der Waals surface area contributed by atoms with Crippen LogP contribution in [0.4, 0.5) is 0 Å². The van der Waals surface area contributed by atoms with Gasteiger partial charge in [-0.2, -0.15) is 5.10 Å². The van der Waals surface area contributed by atoms with Crippen molar-refractivity contribution in [2.75, 3.05) is 13.1 Å². The van der Waals surface area contributed by atoms with Gasteiger partial charge in [-0.3, -0.25) is 9.59 Å². The summed E-state index contributed by atoms with van der Waals surface area (Å²) >= 11 is 0. The van der Waals surface area contributed by atoms with Crippen molar-refractivity contribution >= 4 is 11.8 Å². The van der Waals surface area contributed by atoms with Gasteiger partial charge >= 0.3 is 0 Å². The first kappa shape index (κ1) is 15.6. The summed E-state index contributed by atoms with van der Waals surface area (Å²) in [4.78, 5) is 31.4. The van der Waals surface area contributed by atoms with Crippen LogP contribution in [0.2, 0.25) is 0 Å². The minimum atomic E-state index is -0.207. The van der Waals surface area contributed by atoms with Gasteiger partial charge in [-0.25, -0.2) is 9.67 Å². The van der Waals surface area contributed by atoms with Gasteiger partial charge in [-0.05, 0) is 37.8 Å². The van der Waals surface area contributed by atoms with E-state index in [4.69, 9.17) is 4.42 Å². The van der Waals surface area contributed by atoms with E-state index in [0.717, 1.165) is 38.1 Å². The van der Waals surface area contributed by atoms with Crippen LogP contribution < -0.4 is 5.32 Å². The fourth-order valence-electron chi connectivity index (χ4n) is 4.30. The summed E-state index contributed by atoms with van der Waals surface area (Å²) < 4.78 is 7.15. The second kappa shape index (κ2) is 5.69. The minimum Gasteiger partial charge on any atom is -0.459 e. The lowest BCUT2D eigenvalue weighted by molar-refractivity contribution is -0.124. The molecule has 2 fully saturated rings. The Morgan fingerprint density at radius 1 is 1.27 bits per heavy atom. The number of likely N-dealkylation sites (tertiary alicyclic amines) is 1. The maximum atomic E-state index is 12.7. The molecule has 1 N–H and O–H groups in total. The Morgan fingerprint density at radius 3 is 2.88 bits per heavy atom. The highest BCUT2D eigenvalue weighted by Crippen LogP contribution is 2.48. The summed E-state index contributed by atoms with van der Waals surface area (Å²) in [5, 5.41) is 7.51. The molecule has 26 heavy (non-hydrogen) atoms. The van der Waals surface area contributed by atoms with Crippen LogP contribution in [-0.2, 0) is 11.3 Å². The molecule has 8 nitrogen and oxygen atoms in total. The van der Waals surface area contributed by atoms with Crippen LogP contribution in [0.25, 0.3) is 0 Å². The van der Waals surface area contributed by atoms with Crippen LogP contribution in [-0.4, -0.2) is 44.6 Å². The predicted octanol–water partition coefficient (Wildman–Crippen LogP) is 1.37. The van der Waals surface area contributed by atoms with E-state index in [9.17, 15) is 9.59 Å². The third-order valence-corrected chi connectivity index (χ3v) is 5.98. The maximum Gasteiger partial charge on any atom is 0.289 e. The van der Waals surface area contributed by atoms with Crippen molar-refractivity contribution in [3.05, 3.63) is 36.3 Å². The molecule has 2 aromatic heterocycles. The van der Waals surface area contributed by atoms with E-state index in [0.29, 0.717) is 18.8 Å². The highest BCUT2D eigenvalue weighted by molar-refractivity contribution is 5.91. The third kappa shape index (κ3) is 2.43. The van der Waals surface area contributed by atoms with E-state index >= 15 is 0 Å². The molecular weight excluding hydrogens is 334 g/mol. The average Bonchev–Trinajstić information content (AvgIpc) is 3.07. The van der Waals surface area contributed by atoms with Crippen molar-refractivity contribution in [1.29, 1.82) is 0 Å². The summed E-state index contributed by atoms with van der Waals surface area (Å²) in [6, 6.07) is 3.21. The molecule has 1 spiro atoms. The normalized spacial score (nSPS) is 27.5. The molecule has 2 amide bonds. The number of fused-ring (bicyclic) bond motifs is 1. The Labute approximate surface area is 150 Å². The monoisotopic (exact) mass is 355 g/mol. The van der Waals surface area contributed by atoms with E-state index < -0.39 is 0 Å². The van der Waals surface area contributed by atoms with Gasteiger partial charge in [0.05, 0.1) is 12.3 Å². The van der Waals surface area contributed by atoms with E-state index in [1.54, 1.807) is 18.5 Å². The minimum absolute atomic E-state index is 0.0915. The highest BCUT2D eigenvalue weighted by atomic mass is 16.3. The van der Waals surface area contributed by atoms with Gasteiger partial charge < -0.3 is 14.6 Å². The van der Waals surface area contributed by atoms with Crippen molar-refractivity contribution in [2.45, 2.75) is 38.3 Å². The van der Waals surface area contributed by atoms with Gasteiger partial charge in [0.1, 0.15) is 12.2 Å². The molecular formula is C18H21N5O3. The van der Waals surface area contributed by atoms with Crippen LogP contribution in [0.3, 0.4) is 0 Å². The Hall–Kier alpha value is -2.64. The zero-order valence-electron chi connectivity index (χ0n) is 14.4. The Balaban J connectivity index is 1.42. The van der Waals surface area contributed by atoms with Crippen molar-refractivity contribution in [3.8, 4) is 0 Å². The zero-order valence-corrected chi connectivity index (χ0v) is 14.4. The van der Waals surface area contributed by atoms with Crippen LogP contribution in [0.5, 0.6) is 0 Å². The summed E-state index contributed by atoms with van der Waals surface area (Å²) in [6.45, 7) is 2.01. The molecule has 4 heterocycles. The van der Waals surface area contributed by atoms with Gasteiger partial charge in [-0.1, -0.05) is 0 Å². The number of amides is 2. The Kier molecular flexibility index (Phi) is 3.41. The first-order valence-electron chi connectivity index (χ1n) is 9.17. The summed E-state index contributed by atoms with van der Waals surface area (Å²) in [5.41, 5.74) is -0.199. The van der Waals surface area contributed by atoms with Crippen molar-refractivity contribution in [2.24, 2.45) is 11.3 Å². The first-order chi connectivity index (χ1) is 12.7. The van der Waals surface area contributed by atoms with Crippen molar-refractivity contribution in [3.63, 3.8) is 0 Å². The van der Waals surface area contributed by atoms with E-state index in [1.165, 1.54) is 6.26 Å². The lowest BCUT2D eigenvalue weighted by Crippen LogP contribution is -2.48. The van der Waals surface area contributed by atoms with Crippen LogP contribution in [0.1, 0.15) is 48.1 Å². The molecule has 2 atom stereocenters. The number of aryl methyl sites for hydroxylation is 1. The molecule has 1 saturated heterocycles. The van der Waals surface area contributed by atoms with Crippen molar-refractivity contribution < 1.29 is 14.0 Å². The quantitative estimate of drug-likeness (QED) is 0.898. The lowest BCUT2D eigenvalue weighted by atomic mass is 9.74. The van der Waals surface area contributed by atoms with Gasteiger partial charge in [0, 0.05) is 31.0 Å². The van der Waals surface area contributed by atoms with Crippen LogP contribution >= 0.6 is 0 Å². The SMILES string of the molecule is O=C(N[C@@H]1c2ncnn2CC[C@]12CCN(C(=O)c1ccco1)C2)C1CC1. The smallest absolute Gasteiger partial charge is 0.289 e. The molecule has 2 aromatic rings. The molecule has 0 radical (unpaired) electrons. The second-order valence-electron chi connectivity index (χ2n) is 7.62. The number of nitrogens with one attached hydrogen (secondary N) is 1. The topological polar surface area (TPSA) is 93.3 Å². The number of nitrogens with zero attached hydrogens (tertiary/aromatic N) is 4. The molecule has 1 saturated carbocycles. The molecule has 3 aliphatic rings. The highest BCUT2D eigenvalue weighted by Gasteiger charge is 2.51. The summed E-state index contributed by atoms with van der Waals surface area (Å²) in [7, 11) is 0. The number of carbonyl (C=O) groups is 2. The average molecular weight is 355 g/mol. The number of hydrogen-bond acceptors (Lipinski definition) is 5. The fraction of sp³-hybridized carbons (Fsp3) is 0.556. The predicted molar refractivity (Wildman–Crippen MR) is 89.9 cm³/mol. The zero-order chi connectivity index (χ0) is 17.7. The van der Waals surface area contributed by atoms with Crippen LogP contribution in [0, 0.1) is 11.3 Å². The van der Waals surface area contributed by atoms with Crippen molar-refractivity contribution in [1.82, 2.24) is 25.0 Å². The standard InChI is InChI=1S/C18H21N5O3/c24-16(12-3-4-12)21-14-15-19-11-20-23(15)8-6-18(14)5-7-22(10-18)17(25)13-2-1-9-26-13/h1-2,9,11-12,14H,3-8,10H2,(H,21,24)/t14-,18+/m1/s1. The number of aromatic nitrogens is 3. The second-order valence-corrected chi connectivity index (χ2v) is 7.62. The molecule has 1 aliphatic carbocycles. The molecule has 5 rings (SSSR count). The number of hydrogen-bond donors (Lipinski definition) is 1. The summed E-state index contributed by atoms with van der Waals surface area (Å²) in [5.74, 6) is 1.30. The van der Waals surface area contributed by atoms with Gasteiger partial charge in [-0.15, -0.1) is 0 Å². The summed E-state index contributed by atoms with van der Waals surface area (Å²) in [6.07, 6.45) is 6.68. The third-order valence-electron chi connectivity index (χ3n) is 5.98. The first-order valence-corrected chi connectivity index (χ1v) is 9.17. The van der Waals surface area contributed by atoms with Gasteiger partial charge in [0.25, 0.3) is 5.91 Å². The van der Waals surface area contributed by atoms with Gasteiger partial charge in [0.15, 0.2) is 5.76 Å².